The second-order valence-corrected chi connectivity index (χ2v) is 10.0. The number of aliphatic carboxylic acids is 1. The van der Waals surface area contributed by atoms with Crippen LogP contribution in [0.4, 0.5) is 0 Å². The summed E-state index contributed by atoms with van der Waals surface area (Å²) in [6, 6.07) is 11.6. The van der Waals surface area contributed by atoms with Gasteiger partial charge in [-0.15, -0.1) is 0 Å². The van der Waals surface area contributed by atoms with Crippen LogP contribution in [0.25, 0.3) is 17.0 Å². The highest BCUT2D eigenvalue weighted by molar-refractivity contribution is 5.92. The van der Waals surface area contributed by atoms with E-state index in [0.29, 0.717) is 25.3 Å². The molecule has 0 bridgehead atoms. The lowest BCUT2D eigenvalue weighted by Crippen LogP contribution is -2.24. The zero-order valence-electron chi connectivity index (χ0n) is 21.9. The number of oxazole rings is 1. The number of benzene rings is 1. The lowest BCUT2D eigenvalue weighted by molar-refractivity contribution is -0.137. The van der Waals surface area contributed by atoms with Gasteiger partial charge in [0.15, 0.2) is 5.69 Å². The highest BCUT2D eigenvalue weighted by atomic mass is 16.4. The van der Waals surface area contributed by atoms with Crippen molar-refractivity contribution in [1.29, 1.82) is 0 Å². The van der Waals surface area contributed by atoms with Crippen LogP contribution in [0.5, 0.6) is 0 Å². The minimum Gasteiger partial charge on any atom is -0.481 e. The molecule has 0 atom stereocenters. The number of hydrogen-bond donors (Lipinski definition) is 2. The monoisotopic (exact) mass is 515 g/mol. The number of pyridine rings is 1. The topological polar surface area (TPSA) is 105 Å². The SMILES string of the molecule is O=C(O)CCCC=C(c1ccc(-c2nc(C(=O)NCCCCC3CCCCC3)co2)cc1)c1cccnc1. The first-order valence-electron chi connectivity index (χ1n) is 13.8. The van der Waals surface area contributed by atoms with E-state index in [2.05, 4.69) is 21.4 Å². The Balaban J connectivity index is 1.33. The van der Waals surface area contributed by atoms with Gasteiger partial charge in [-0.1, -0.05) is 69.2 Å². The smallest absolute Gasteiger partial charge is 0.303 e. The van der Waals surface area contributed by atoms with Gasteiger partial charge in [-0.3, -0.25) is 14.6 Å². The third-order valence-corrected chi connectivity index (χ3v) is 7.14. The first kappa shape index (κ1) is 27.3. The molecule has 1 amide bonds. The van der Waals surface area contributed by atoms with Crippen LogP contribution in [-0.2, 0) is 4.79 Å². The molecule has 2 heterocycles. The molecule has 1 aromatic carbocycles. The van der Waals surface area contributed by atoms with Gasteiger partial charge in [-0.25, -0.2) is 4.98 Å². The maximum atomic E-state index is 12.5. The van der Waals surface area contributed by atoms with E-state index < -0.39 is 5.97 Å². The van der Waals surface area contributed by atoms with Crippen molar-refractivity contribution in [2.45, 2.75) is 70.6 Å². The fourth-order valence-electron chi connectivity index (χ4n) is 5.05. The molecule has 7 heteroatoms. The minimum atomic E-state index is -0.792. The molecular formula is C31H37N3O4. The lowest BCUT2D eigenvalue weighted by Gasteiger charge is -2.21. The molecule has 0 saturated heterocycles. The maximum Gasteiger partial charge on any atom is 0.303 e. The van der Waals surface area contributed by atoms with Crippen LogP contribution in [0.3, 0.4) is 0 Å². The van der Waals surface area contributed by atoms with E-state index in [1.54, 1.807) is 12.4 Å². The minimum absolute atomic E-state index is 0.135. The summed E-state index contributed by atoms with van der Waals surface area (Å²) in [6.45, 7) is 0.651. The molecule has 2 N–H and O–H groups in total. The molecule has 0 spiro atoms. The van der Waals surface area contributed by atoms with Crippen molar-refractivity contribution >= 4 is 17.4 Å². The van der Waals surface area contributed by atoms with Gasteiger partial charge in [-0.05, 0) is 54.5 Å². The Kier molecular flexibility index (Phi) is 10.2. The van der Waals surface area contributed by atoms with Crippen molar-refractivity contribution in [3.8, 4) is 11.5 Å². The number of aromatic nitrogens is 2. The largest absolute Gasteiger partial charge is 0.481 e. The summed E-state index contributed by atoms with van der Waals surface area (Å²) in [4.78, 5) is 32.0. The molecule has 1 aliphatic carbocycles. The molecule has 1 fully saturated rings. The fourth-order valence-corrected chi connectivity index (χ4v) is 5.05. The Hall–Kier alpha value is -3.74. The van der Waals surface area contributed by atoms with E-state index in [1.807, 2.05) is 36.4 Å². The van der Waals surface area contributed by atoms with Gasteiger partial charge in [-0.2, -0.15) is 0 Å². The third kappa shape index (κ3) is 8.13. The number of unbranched alkanes of at least 4 members (excludes halogenated alkanes) is 2. The van der Waals surface area contributed by atoms with E-state index in [-0.39, 0.29) is 18.0 Å². The van der Waals surface area contributed by atoms with E-state index >= 15 is 0 Å². The first-order valence-corrected chi connectivity index (χ1v) is 13.8. The number of amides is 1. The third-order valence-electron chi connectivity index (χ3n) is 7.14. The molecule has 0 aliphatic heterocycles. The van der Waals surface area contributed by atoms with E-state index in [4.69, 9.17) is 9.52 Å². The van der Waals surface area contributed by atoms with Crippen molar-refractivity contribution < 1.29 is 19.1 Å². The molecule has 7 nitrogen and oxygen atoms in total. The second kappa shape index (κ2) is 14.3. The summed E-state index contributed by atoms with van der Waals surface area (Å²) in [5, 5.41) is 11.9. The molecule has 2 aromatic heterocycles. The lowest BCUT2D eigenvalue weighted by atomic mass is 9.86. The average Bonchev–Trinajstić information content (AvgIpc) is 3.45. The van der Waals surface area contributed by atoms with Crippen LogP contribution in [0.15, 0.2) is 65.5 Å². The summed E-state index contributed by atoms with van der Waals surface area (Å²) >= 11 is 0. The number of carboxylic acids is 1. The van der Waals surface area contributed by atoms with Gasteiger partial charge in [0.1, 0.15) is 6.26 Å². The number of nitrogens with zero attached hydrogens (tertiary/aromatic N) is 2. The summed E-state index contributed by atoms with van der Waals surface area (Å²) in [5.41, 5.74) is 3.99. The summed E-state index contributed by atoms with van der Waals surface area (Å²) in [5.74, 6) is 0.265. The van der Waals surface area contributed by atoms with Crippen LogP contribution in [-0.4, -0.2) is 33.5 Å². The Bertz CT molecular complexity index is 1200. The second-order valence-electron chi connectivity index (χ2n) is 10.0. The van der Waals surface area contributed by atoms with Crippen LogP contribution < -0.4 is 5.32 Å². The number of carbonyl (C=O) groups is 2. The van der Waals surface area contributed by atoms with Crippen molar-refractivity contribution in [2.75, 3.05) is 6.54 Å². The molecule has 1 aliphatic rings. The number of rotatable bonds is 13. The summed E-state index contributed by atoms with van der Waals surface area (Å²) in [6.07, 6.45) is 18.6. The predicted molar refractivity (Wildman–Crippen MR) is 148 cm³/mol. The van der Waals surface area contributed by atoms with Crippen LogP contribution >= 0.6 is 0 Å². The molecule has 200 valence electrons. The molecule has 38 heavy (non-hydrogen) atoms. The Labute approximate surface area is 224 Å². The zero-order chi connectivity index (χ0) is 26.6. The predicted octanol–water partition coefficient (Wildman–Crippen LogP) is 6.90. The highest BCUT2D eigenvalue weighted by Crippen LogP contribution is 2.28. The maximum absolute atomic E-state index is 12.5. The molecule has 4 rings (SSSR count). The van der Waals surface area contributed by atoms with E-state index in [1.165, 1.54) is 44.8 Å². The van der Waals surface area contributed by atoms with E-state index in [0.717, 1.165) is 41.0 Å². The zero-order valence-corrected chi connectivity index (χ0v) is 21.9. The highest BCUT2D eigenvalue weighted by Gasteiger charge is 2.15. The van der Waals surface area contributed by atoms with Gasteiger partial charge in [0, 0.05) is 36.5 Å². The van der Waals surface area contributed by atoms with Crippen LogP contribution in [0.1, 0.15) is 92.2 Å². The van der Waals surface area contributed by atoms with Gasteiger partial charge in [0.25, 0.3) is 5.91 Å². The first-order chi connectivity index (χ1) is 18.6. The quantitative estimate of drug-likeness (QED) is 0.240. The van der Waals surface area contributed by atoms with Gasteiger partial charge < -0.3 is 14.8 Å². The molecule has 3 aromatic rings. The fraction of sp³-hybridized carbons (Fsp3) is 0.419. The van der Waals surface area contributed by atoms with Crippen molar-refractivity contribution in [2.24, 2.45) is 5.92 Å². The van der Waals surface area contributed by atoms with E-state index in [9.17, 15) is 9.59 Å². The summed E-state index contributed by atoms with van der Waals surface area (Å²) in [7, 11) is 0. The van der Waals surface area contributed by atoms with Crippen molar-refractivity contribution in [1.82, 2.24) is 15.3 Å². The number of hydrogen-bond acceptors (Lipinski definition) is 5. The molecule has 1 saturated carbocycles. The molecule has 0 radical (unpaired) electrons. The molecule has 0 unspecified atom stereocenters. The van der Waals surface area contributed by atoms with Gasteiger partial charge in [0.05, 0.1) is 0 Å². The van der Waals surface area contributed by atoms with Gasteiger partial charge in [0.2, 0.25) is 5.89 Å². The molecular weight excluding hydrogens is 478 g/mol. The van der Waals surface area contributed by atoms with Gasteiger partial charge >= 0.3 is 5.97 Å². The normalized spacial score (nSPS) is 14.4. The average molecular weight is 516 g/mol. The van der Waals surface area contributed by atoms with Crippen molar-refractivity contribution in [3.63, 3.8) is 0 Å². The summed E-state index contributed by atoms with van der Waals surface area (Å²) < 4.78 is 5.61. The standard InChI is InChI=1S/C31H37N3O4/c35-29(36)14-5-4-13-27(26-12-8-19-32-21-26)24-15-17-25(18-16-24)31-34-28(22-38-31)30(37)33-20-7-6-11-23-9-2-1-3-10-23/h8,12-13,15-19,21-23H,1-7,9-11,14,20H2,(H,33,37)(H,35,36). The Morgan fingerprint density at radius 2 is 1.84 bits per heavy atom. The number of carbonyl (C=O) groups excluding carboxylic acids is 1. The Morgan fingerprint density at radius 1 is 1.03 bits per heavy atom. The van der Waals surface area contributed by atoms with Crippen LogP contribution in [0, 0.1) is 5.92 Å². The number of allylic oxidation sites excluding steroid dienone is 1. The number of nitrogens with one attached hydrogen (secondary N) is 1. The van der Waals surface area contributed by atoms with Crippen molar-refractivity contribution in [3.05, 3.63) is 78.0 Å². The Morgan fingerprint density at radius 3 is 2.58 bits per heavy atom. The number of carboxylic acid groups (broad SMARTS) is 1. The van der Waals surface area contributed by atoms with Crippen LogP contribution in [0.2, 0.25) is 0 Å².